The Labute approximate surface area is 68.6 Å². The minimum Gasteiger partial charge on any atom is -0.548 e. The van der Waals surface area contributed by atoms with E-state index in [1.165, 1.54) is 0 Å². The number of amides is 2. The van der Waals surface area contributed by atoms with E-state index in [0.717, 1.165) is 4.90 Å². The summed E-state index contributed by atoms with van der Waals surface area (Å²) in [7, 11) is 0. The number of primary amides is 1. The van der Waals surface area contributed by atoms with Crippen LogP contribution in [0.5, 0.6) is 0 Å². The van der Waals surface area contributed by atoms with Crippen molar-refractivity contribution >= 4 is 12.0 Å². The Morgan fingerprint density at radius 3 is 2.50 bits per heavy atom. The molecule has 2 amide bonds. The average Bonchev–Trinajstić information content (AvgIpc) is 2.31. The minimum absolute atomic E-state index is 0.00866. The molecule has 0 unspecified atom stereocenters. The number of nitrogens with two attached hydrogens (primary N) is 1. The van der Waals surface area contributed by atoms with Gasteiger partial charge in [0.2, 0.25) is 0 Å². The molecule has 0 spiro atoms. The lowest BCUT2D eigenvalue weighted by Gasteiger charge is -2.22. The number of likely N-dealkylation sites (tertiary alicyclic amines) is 1. The molecule has 1 heterocycles. The van der Waals surface area contributed by atoms with Crippen molar-refractivity contribution in [1.29, 1.82) is 0 Å². The van der Waals surface area contributed by atoms with Gasteiger partial charge in [0, 0.05) is 13.0 Å². The van der Waals surface area contributed by atoms with Crippen molar-refractivity contribution in [3.8, 4) is 0 Å². The average molecular weight is 173 g/mol. The molecular weight excluding hydrogens is 164 g/mol. The zero-order valence-corrected chi connectivity index (χ0v) is 6.27. The summed E-state index contributed by atoms with van der Waals surface area (Å²) in [6, 6.07) is -1.93. The number of β-amino-alcohol motifs (C(OH)–C–C–N with tert-alkyl or cyclic N) is 1. The molecule has 6 nitrogen and oxygen atoms in total. The van der Waals surface area contributed by atoms with Crippen LogP contribution in [-0.2, 0) is 4.79 Å². The fourth-order valence-corrected chi connectivity index (χ4v) is 1.28. The first-order valence-corrected chi connectivity index (χ1v) is 3.47. The molecule has 0 bridgehead atoms. The lowest BCUT2D eigenvalue weighted by molar-refractivity contribution is -0.310. The number of hydrogen-bond acceptors (Lipinski definition) is 4. The van der Waals surface area contributed by atoms with Crippen LogP contribution in [0.3, 0.4) is 0 Å². The van der Waals surface area contributed by atoms with Crippen LogP contribution in [0.15, 0.2) is 0 Å². The van der Waals surface area contributed by atoms with Crippen LogP contribution in [0, 0.1) is 0 Å². The predicted octanol–water partition coefficient (Wildman–Crippen LogP) is -2.75. The van der Waals surface area contributed by atoms with E-state index >= 15 is 0 Å². The van der Waals surface area contributed by atoms with E-state index in [1.807, 2.05) is 0 Å². The van der Waals surface area contributed by atoms with Crippen LogP contribution in [0.4, 0.5) is 4.79 Å². The minimum atomic E-state index is -1.38. The molecule has 1 aliphatic rings. The van der Waals surface area contributed by atoms with E-state index in [9.17, 15) is 14.7 Å². The van der Waals surface area contributed by atoms with Gasteiger partial charge in [-0.3, -0.25) is 0 Å². The molecule has 2 atom stereocenters. The van der Waals surface area contributed by atoms with Crippen LogP contribution in [0.2, 0.25) is 0 Å². The summed E-state index contributed by atoms with van der Waals surface area (Å²) in [5, 5.41) is 19.4. The number of aliphatic carboxylic acids is 1. The molecule has 1 rings (SSSR count). The van der Waals surface area contributed by atoms with E-state index in [-0.39, 0.29) is 13.0 Å². The zero-order chi connectivity index (χ0) is 9.30. The van der Waals surface area contributed by atoms with Gasteiger partial charge in [0.25, 0.3) is 0 Å². The first-order chi connectivity index (χ1) is 5.52. The number of urea groups is 1. The number of aliphatic hydroxyl groups excluding tert-OH is 1. The van der Waals surface area contributed by atoms with Crippen LogP contribution >= 0.6 is 0 Å². The van der Waals surface area contributed by atoms with Crippen molar-refractivity contribution in [1.82, 2.24) is 4.90 Å². The molecule has 0 aromatic rings. The van der Waals surface area contributed by atoms with E-state index in [4.69, 9.17) is 10.8 Å². The highest BCUT2D eigenvalue weighted by Crippen LogP contribution is 2.16. The summed E-state index contributed by atoms with van der Waals surface area (Å²) < 4.78 is 0. The number of carbonyl (C=O) groups excluding carboxylic acids is 2. The van der Waals surface area contributed by atoms with Gasteiger partial charge in [-0.15, -0.1) is 0 Å². The quantitative estimate of drug-likeness (QED) is 0.448. The summed E-state index contributed by atoms with van der Waals surface area (Å²) >= 11 is 0. The fraction of sp³-hybridized carbons (Fsp3) is 0.667. The van der Waals surface area contributed by atoms with Gasteiger partial charge in [-0.1, -0.05) is 0 Å². The SMILES string of the molecule is NC(=O)N1C[C@H](O)C[C@H]1C(=O)[O-]. The number of aliphatic hydroxyl groups is 1. The van der Waals surface area contributed by atoms with Crippen LogP contribution in [0.25, 0.3) is 0 Å². The molecule has 3 N–H and O–H groups in total. The Kier molecular flexibility index (Phi) is 2.18. The maximum atomic E-state index is 10.6. The van der Waals surface area contributed by atoms with Crippen LogP contribution < -0.4 is 10.8 Å². The Morgan fingerprint density at radius 2 is 2.17 bits per heavy atom. The maximum absolute atomic E-state index is 10.6. The Bertz CT molecular complexity index is 196. The second kappa shape index (κ2) is 2.98. The third-order valence-electron chi connectivity index (χ3n) is 1.83. The second-order valence-electron chi connectivity index (χ2n) is 2.71. The third-order valence-corrected chi connectivity index (χ3v) is 1.83. The van der Waals surface area contributed by atoms with Gasteiger partial charge in [0.1, 0.15) is 0 Å². The summed E-state index contributed by atoms with van der Waals surface area (Å²) in [5.41, 5.74) is 4.87. The predicted molar refractivity (Wildman–Crippen MR) is 35.7 cm³/mol. The molecule has 0 radical (unpaired) electrons. The van der Waals surface area contributed by atoms with Gasteiger partial charge in [0.15, 0.2) is 0 Å². The Morgan fingerprint density at radius 1 is 1.58 bits per heavy atom. The van der Waals surface area contributed by atoms with Crippen molar-refractivity contribution in [2.24, 2.45) is 5.73 Å². The van der Waals surface area contributed by atoms with Gasteiger partial charge < -0.3 is 25.6 Å². The molecular formula is C6H9N2O4-. The summed E-state index contributed by atoms with van der Waals surface area (Å²) in [6.07, 6.45) is -0.828. The molecule has 12 heavy (non-hydrogen) atoms. The Balaban J connectivity index is 2.72. The number of carboxylic acid groups (broad SMARTS) is 1. The largest absolute Gasteiger partial charge is 0.548 e. The molecule has 0 aliphatic carbocycles. The van der Waals surface area contributed by atoms with Gasteiger partial charge in [-0.05, 0) is 0 Å². The maximum Gasteiger partial charge on any atom is 0.315 e. The van der Waals surface area contributed by atoms with E-state index in [1.54, 1.807) is 0 Å². The smallest absolute Gasteiger partial charge is 0.315 e. The first kappa shape index (κ1) is 8.79. The fourth-order valence-electron chi connectivity index (χ4n) is 1.28. The van der Waals surface area contributed by atoms with Crippen molar-refractivity contribution in [3.05, 3.63) is 0 Å². The van der Waals surface area contributed by atoms with Gasteiger partial charge in [-0.2, -0.15) is 0 Å². The van der Waals surface area contributed by atoms with Crippen molar-refractivity contribution in [2.45, 2.75) is 18.6 Å². The van der Waals surface area contributed by atoms with E-state index < -0.39 is 24.1 Å². The molecule has 1 fully saturated rings. The number of hydrogen-bond donors (Lipinski definition) is 2. The number of carbonyl (C=O) groups is 2. The molecule has 6 heteroatoms. The van der Waals surface area contributed by atoms with Gasteiger partial charge in [-0.25, -0.2) is 4.79 Å². The second-order valence-corrected chi connectivity index (χ2v) is 2.71. The molecule has 0 saturated carbocycles. The summed E-state index contributed by atoms with van der Waals surface area (Å²) in [4.78, 5) is 21.9. The highest BCUT2D eigenvalue weighted by atomic mass is 16.4. The van der Waals surface area contributed by atoms with Crippen LogP contribution in [-0.4, -0.2) is 40.7 Å². The van der Waals surface area contributed by atoms with Crippen molar-refractivity contribution in [3.63, 3.8) is 0 Å². The van der Waals surface area contributed by atoms with Gasteiger partial charge >= 0.3 is 6.03 Å². The molecule has 68 valence electrons. The van der Waals surface area contributed by atoms with Gasteiger partial charge in [0.05, 0.1) is 18.1 Å². The molecule has 1 saturated heterocycles. The highest BCUT2D eigenvalue weighted by Gasteiger charge is 2.33. The standard InChI is InChI=1S/C6H10N2O4/c7-6(12)8-2-3(9)1-4(8)5(10)11/h3-4,9H,1-2H2,(H2,7,12)(H,10,11)/p-1/t3-,4+/m1/s1. The first-order valence-electron chi connectivity index (χ1n) is 3.47. The number of rotatable bonds is 1. The van der Waals surface area contributed by atoms with Crippen molar-refractivity contribution in [2.75, 3.05) is 6.54 Å². The number of nitrogens with zero attached hydrogens (tertiary/aromatic N) is 1. The normalized spacial score (nSPS) is 28.9. The number of carboxylic acids is 1. The molecule has 0 aromatic heterocycles. The summed E-state index contributed by atoms with van der Waals surface area (Å²) in [6.45, 7) is -0.0337. The monoisotopic (exact) mass is 173 g/mol. The van der Waals surface area contributed by atoms with E-state index in [2.05, 4.69) is 0 Å². The van der Waals surface area contributed by atoms with Crippen LogP contribution in [0.1, 0.15) is 6.42 Å². The topological polar surface area (TPSA) is 107 Å². The van der Waals surface area contributed by atoms with Crippen molar-refractivity contribution < 1.29 is 19.8 Å². The summed E-state index contributed by atoms with van der Waals surface area (Å²) in [5.74, 6) is -1.38. The molecule has 0 aromatic carbocycles. The van der Waals surface area contributed by atoms with E-state index in [0.29, 0.717) is 0 Å². The lowest BCUT2D eigenvalue weighted by Crippen LogP contribution is -2.48. The zero-order valence-electron chi connectivity index (χ0n) is 6.27. The molecule has 1 aliphatic heterocycles. The lowest BCUT2D eigenvalue weighted by atomic mass is 10.2. The Hall–Kier alpha value is -1.30. The third kappa shape index (κ3) is 1.48. The highest BCUT2D eigenvalue weighted by molar-refractivity contribution is 5.81.